The van der Waals surface area contributed by atoms with Crippen molar-refractivity contribution < 1.29 is 23.5 Å². The monoisotopic (exact) mass is 434 g/mol. The van der Waals surface area contributed by atoms with Gasteiger partial charge in [-0.05, 0) is 42.3 Å². The van der Waals surface area contributed by atoms with E-state index in [1.54, 1.807) is 30.3 Å². The van der Waals surface area contributed by atoms with Crippen molar-refractivity contribution in [2.24, 2.45) is 0 Å². The molecule has 1 unspecified atom stereocenters. The lowest BCUT2D eigenvalue weighted by Crippen LogP contribution is -2.28. The number of benzene rings is 3. The minimum absolute atomic E-state index is 0.151. The maximum Gasteiger partial charge on any atom is 0.310 e. The van der Waals surface area contributed by atoms with Gasteiger partial charge in [0.15, 0.2) is 6.61 Å². The van der Waals surface area contributed by atoms with Crippen LogP contribution in [0.3, 0.4) is 0 Å². The summed E-state index contributed by atoms with van der Waals surface area (Å²) >= 11 is 0. The van der Waals surface area contributed by atoms with Crippen LogP contribution in [0.5, 0.6) is 0 Å². The molecule has 0 radical (unpaired) electrons. The second-order valence-electron chi connectivity index (χ2n) is 7.17. The number of hydrogen-bond donors (Lipinski definition) is 2. The van der Waals surface area contributed by atoms with E-state index in [1.165, 1.54) is 18.2 Å². The number of carbonyl (C=O) groups is 3. The highest BCUT2D eigenvalue weighted by molar-refractivity contribution is 6.04. The van der Waals surface area contributed by atoms with Crippen molar-refractivity contribution in [1.82, 2.24) is 5.32 Å². The van der Waals surface area contributed by atoms with E-state index in [0.717, 1.165) is 5.56 Å². The minimum Gasteiger partial charge on any atom is -0.455 e. The molecule has 164 valence electrons. The van der Waals surface area contributed by atoms with Crippen LogP contribution in [0, 0.1) is 5.82 Å². The molecule has 3 aromatic carbocycles. The molecule has 0 aliphatic carbocycles. The molecule has 0 spiro atoms. The molecule has 0 fully saturated rings. The standard InChI is InChI=1S/C25H23FN2O4/c1-17(19-9-3-2-4-10-19)27-25(31)21-12-5-6-13-22(21)28-23(29)16-32-24(30)15-18-8-7-11-20(26)14-18/h2-14,17H,15-16H2,1H3,(H,27,31)(H,28,29). The molecule has 2 amide bonds. The van der Waals surface area contributed by atoms with Crippen molar-refractivity contribution in [2.45, 2.75) is 19.4 Å². The van der Waals surface area contributed by atoms with Crippen LogP contribution in [0.15, 0.2) is 78.9 Å². The summed E-state index contributed by atoms with van der Waals surface area (Å²) in [7, 11) is 0. The van der Waals surface area contributed by atoms with Gasteiger partial charge in [-0.2, -0.15) is 0 Å². The first kappa shape index (κ1) is 22.7. The van der Waals surface area contributed by atoms with Crippen LogP contribution in [0.4, 0.5) is 10.1 Å². The SMILES string of the molecule is CC(NC(=O)c1ccccc1NC(=O)COC(=O)Cc1cccc(F)c1)c1ccccc1. The second kappa shape index (κ2) is 10.9. The summed E-state index contributed by atoms with van der Waals surface area (Å²) < 4.78 is 18.2. The highest BCUT2D eigenvalue weighted by Gasteiger charge is 2.17. The van der Waals surface area contributed by atoms with E-state index in [1.807, 2.05) is 37.3 Å². The molecule has 0 aromatic heterocycles. The Morgan fingerprint density at radius 2 is 1.66 bits per heavy atom. The number of rotatable bonds is 8. The molecule has 0 heterocycles. The predicted octanol–water partition coefficient (Wildman–Crippen LogP) is 4.04. The minimum atomic E-state index is -0.659. The normalized spacial score (nSPS) is 11.3. The molecule has 7 heteroatoms. The van der Waals surface area contributed by atoms with Crippen molar-refractivity contribution in [1.29, 1.82) is 0 Å². The maximum atomic E-state index is 13.2. The summed E-state index contributed by atoms with van der Waals surface area (Å²) in [6.07, 6.45) is -0.151. The zero-order valence-electron chi connectivity index (χ0n) is 17.5. The van der Waals surface area contributed by atoms with E-state index in [4.69, 9.17) is 4.74 Å². The maximum absolute atomic E-state index is 13.2. The summed E-state index contributed by atoms with van der Waals surface area (Å²) in [5.41, 5.74) is 1.99. The topological polar surface area (TPSA) is 84.5 Å². The molecular weight excluding hydrogens is 411 g/mol. The number of halogens is 1. The van der Waals surface area contributed by atoms with Gasteiger partial charge in [0, 0.05) is 0 Å². The van der Waals surface area contributed by atoms with Crippen LogP contribution in [0.25, 0.3) is 0 Å². The summed E-state index contributed by atoms with van der Waals surface area (Å²) in [5, 5.41) is 5.50. The van der Waals surface area contributed by atoms with Gasteiger partial charge in [-0.1, -0.05) is 54.6 Å². The first-order valence-corrected chi connectivity index (χ1v) is 10.1. The number of anilines is 1. The Kier molecular flexibility index (Phi) is 7.70. The molecule has 0 saturated heterocycles. The first-order valence-electron chi connectivity index (χ1n) is 10.1. The van der Waals surface area contributed by atoms with Crippen LogP contribution in [-0.2, 0) is 20.7 Å². The van der Waals surface area contributed by atoms with Gasteiger partial charge in [0.25, 0.3) is 11.8 Å². The third kappa shape index (κ3) is 6.50. The van der Waals surface area contributed by atoms with E-state index >= 15 is 0 Å². The molecule has 1 atom stereocenters. The van der Waals surface area contributed by atoms with Gasteiger partial charge in [-0.25, -0.2) is 4.39 Å². The highest BCUT2D eigenvalue weighted by Crippen LogP contribution is 2.18. The quantitative estimate of drug-likeness (QED) is 0.524. The first-order chi connectivity index (χ1) is 15.4. The highest BCUT2D eigenvalue weighted by atomic mass is 19.1. The fourth-order valence-corrected chi connectivity index (χ4v) is 3.09. The van der Waals surface area contributed by atoms with Crippen LogP contribution in [0.2, 0.25) is 0 Å². The number of ether oxygens (including phenoxy) is 1. The number of amides is 2. The zero-order chi connectivity index (χ0) is 22.9. The Bertz CT molecular complexity index is 1100. The van der Waals surface area contributed by atoms with Crippen LogP contribution in [0.1, 0.15) is 34.5 Å². The van der Waals surface area contributed by atoms with E-state index < -0.39 is 24.3 Å². The lowest BCUT2D eigenvalue weighted by atomic mass is 10.1. The van der Waals surface area contributed by atoms with Gasteiger partial charge in [0.2, 0.25) is 0 Å². The van der Waals surface area contributed by atoms with Gasteiger partial charge >= 0.3 is 5.97 Å². The number of nitrogens with one attached hydrogen (secondary N) is 2. The Morgan fingerprint density at radius 3 is 2.41 bits per heavy atom. The molecule has 3 aromatic rings. The Morgan fingerprint density at radius 1 is 0.938 bits per heavy atom. The van der Waals surface area contributed by atoms with Gasteiger partial charge in [0.05, 0.1) is 23.7 Å². The lowest BCUT2D eigenvalue weighted by molar-refractivity contribution is -0.146. The summed E-state index contributed by atoms with van der Waals surface area (Å²) in [5.74, 6) is -2.05. The molecule has 32 heavy (non-hydrogen) atoms. The molecule has 3 rings (SSSR count). The Labute approximate surface area is 185 Å². The van der Waals surface area contributed by atoms with Crippen molar-refractivity contribution in [3.63, 3.8) is 0 Å². The second-order valence-corrected chi connectivity index (χ2v) is 7.17. The van der Waals surface area contributed by atoms with Gasteiger partial charge < -0.3 is 15.4 Å². The predicted molar refractivity (Wildman–Crippen MR) is 118 cm³/mol. The van der Waals surface area contributed by atoms with Crippen molar-refractivity contribution in [2.75, 3.05) is 11.9 Å². The lowest BCUT2D eigenvalue weighted by Gasteiger charge is -2.16. The number of carbonyl (C=O) groups excluding carboxylic acids is 3. The van der Waals surface area contributed by atoms with Crippen LogP contribution >= 0.6 is 0 Å². The van der Waals surface area contributed by atoms with Crippen molar-refractivity contribution in [3.05, 3.63) is 101 Å². The molecule has 0 aliphatic rings. The molecule has 2 N–H and O–H groups in total. The summed E-state index contributed by atoms with van der Waals surface area (Å²) in [6, 6.07) is 21.4. The van der Waals surface area contributed by atoms with Crippen LogP contribution < -0.4 is 10.6 Å². The largest absolute Gasteiger partial charge is 0.455 e. The van der Waals surface area contributed by atoms with Gasteiger partial charge in [-0.15, -0.1) is 0 Å². The van der Waals surface area contributed by atoms with Crippen molar-refractivity contribution >= 4 is 23.5 Å². The third-order valence-electron chi connectivity index (χ3n) is 4.69. The van der Waals surface area contributed by atoms with Crippen molar-refractivity contribution in [3.8, 4) is 0 Å². The van der Waals surface area contributed by atoms with E-state index in [2.05, 4.69) is 10.6 Å². The molecule has 0 bridgehead atoms. The van der Waals surface area contributed by atoms with E-state index in [0.29, 0.717) is 11.3 Å². The Hall–Kier alpha value is -4.00. The zero-order valence-corrected chi connectivity index (χ0v) is 17.5. The average Bonchev–Trinajstić information content (AvgIpc) is 2.78. The molecule has 0 aliphatic heterocycles. The number of para-hydroxylation sites is 1. The molecular formula is C25H23FN2O4. The third-order valence-corrected chi connectivity index (χ3v) is 4.69. The molecule has 0 saturated carbocycles. The number of esters is 1. The smallest absolute Gasteiger partial charge is 0.310 e. The van der Waals surface area contributed by atoms with Crippen LogP contribution in [-0.4, -0.2) is 24.4 Å². The average molecular weight is 434 g/mol. The van der Waals surface area contributed by atoms with E-state index in [-0.39, 0.29) is 23.9 Å². The van der Waals surface area contributed by atoms with Gasteiger partial charge in [0.1, 0.15) is 5.82 Å². The summed E-state index contributed by atoms with van der Waals surface area (Å²) in [4.78, 5) is 36.9. The number of hydrogen-bond acceptors (Lipinski definition) is 4. The van der Waals surface area contributed by atoms with E-state index in [9.17, 15) is 18.8 Å². The summed E-state index contributed by atoms with van der Waals surface area (Å²) in [6.45, 7) is 1.34. The Balaban J connectivity index is 1.56. The molecule has 6 nitrogen and oxygen atoms in total. The van der Waals surface area contributed by atoms with Gasteiger partial charge in [-0.3, -0.25) is 14.4 Å². The fourth-order valence-electron chi connectivity index (χ4n) is 3.09. The fraction of sp³-hybridized carbons (Fsp3) is 0.160.